The average Bonchev–Trinajstić information content (AvgIpc) is 2.45. The van der Waals surface area contributed by atoms with Gasteiger partial charge in [-0.25, -0.2) is 0 Å². The molecule has 4 fully saturated rings. The van der Waals surface area contributed by atoms with Crippen molar-refractivity contribution in [3.63, 3.8) is 0 Å². The van der Waals surface area contributed by atoms with Crippen molar-refractivity contribution in [3.05, 3.63) is 35.4 Å². The van der Waals surface area contributed by atoms with Crippen molar-refractivity contribution in [1.82, 2.24) is 0 Å². The first kappa shape index (κ1) is 13.3. The van der Waals surface area contributed by atoms with E-state index in [2.05, 4.69) is 6.07 Å². The molecule has 0 saturated heterocycles. The molecular weight excluding hydrogens is 264 g/mol. The van der Waals surface area contributed by atoms with Crippen LogP contribution in [0, 0.1) is 23.7 Å². The van der Waals surface area contributed by atoms with Gasteiger partial charge in [0.2, 0.25) is 0 Å². The van der Waals surface area contributed by atoms with Crippen LogP contribution in [0.1, 0.15) is 43.2 Å². The Morgan fingerprint density at radius 1 is 1.19 bits per heavy atom. The zero-order chi connectivity index (χ0) is 14.6. The Kier molecular flexibility index (Phi) is 2.90. The molecule has 3 heteroatoms. The van der Waals surface area contributed by atoms with E-state index in [-0.39, 0.29) is 17.9 Å². The molecule has 0 spiro atoms. The molecule has 4 aliphatic rings. The molecule has 3 atom stereocenters. The predicted octanol–water partition coefficient (Wildman–Crippen LogP) is 2.96. The summed E-state index contributed by atoms with van der Waals surface area (Å²) in [6.45, 7) is 0.0257. The molecule has 1 aromatic carbocycles. The monoisotopic (exact) mass is 286 g/mol. The van der Waals surface area contributed by atoms with Crippen molar-refractivity contribution in [2.45, 2.75) is 44.1 Å². The van der Waals surface area contributed by atoms with Crippen molar-refractivity contribution in [3.8, 4) is 0 Å². The molecule has 21 heavy (non-hydrogen) atoms. The van der Waals surface area contributed by atoms with Gasteiger partial charge in [0, 0.05) is 5.41 Å². The number of carboxylic acids is 1. The van der Waals surface area contributed by atoms with Gasteiger partial charge in [0.25, 0.3) is 0 Å². The van der Waals surface area contributed by atoms with Gasteiger partial charge in [0.15, 0.2) is 0 Å². The Labute approximate surface area is 125 Å². The largest absolute Gasteiger partial charge is 0.481 e. The summed E-state index contributed by atoms with van der Waals surface area (Å²) in [6.07, 6.45) is 5.55. The van der Waals surface area contributed by atoms with Crippen LogP contribution in [0.5, 0.6) is 0 Å². The maximum atomic E-state index is 12.0. The average molecular weight is 286 g/mol. The topological polar surface area (TPSA) is 57.5 Å². The number of hydrogen-bond donors (Lipinski definition) is 2. The molecule has 5 rings (SSSR count). The second-order valence-corrected chi connectivity index (χ2v) is 7.44. The number of rotatable bonds is 3. The van der Waals surface area contributed by atoms with E-state index >= 15 is 0 Å². The molecule has 0 aliphatic heterocycles. The van der Waals surface area contributed by atoms with E-state index in [0.717, 1.165) is 36.8 Å². The maximum Gasteiger partial charge on any atom is 0.307 e. The zero-order valence-corrected chi connectivity index (χ0v) is 12.2. The lowest BCUT2D eigenvalue weighted by molar-refractivity contribution is -0.159. The summed E-state index contributed by atoms with van der Waals surface area (Å²) in [6, 6.07) is 8.02. The van der Waals surface area contributed by atoms with E-state index in [1.54, 1.807) is 0 Å². The van der Waals surface area contributed by atoms with E-state index in [1.807, 2.05) is 18.2 Å². The van der Waals surface area contributed by atoms with Gasteiger partial charge in [0.05, 0.1) is 12.5 Å². The van der Waals surface area contributed by atoms with E-state index in [1.165, 1.54) is 6.42 Å². The fraction of sp³-hybridized carbons (Fsp3) is 0.611. The SMILES string of the molecule is O=C(O)C1C2CC3CC(C2)CC1(c1cccc(CO)c1)C3. The highest BCUT2D eigenvalue weighted by atomic mass is 16.4. The number of aliphatic hydroxyl groups is 1. The predicted molar refractivity (Wildman–Crippen MR) is 78.7 cm³/mol. The third-order valence-corrected chi connectivity index (χ3v) is 6.26. The van der Waals surface area contributed by atoms with Gasteiger partial charge in [-0.05, 0) is 61.0 Å². The fourth-order valence-corrected chi connectivity index (χ4v) is 5.87. The van der Waals surface area contributed by atoms with Gasteiger partial charge in [-0.15, -0.1) is 0 Å². The minimum Gasteiger partial charge on any atom is -0.481 e. The van der Waals surface area contributed by atoms with Gasteiger partial charge < -0.3 is 10.2 Å². The molecule has 4 saturated carbocycles. The van der Waals surface area contributed by atoms with Crippen molar-refractivity contribution < 1.29 is 15.0 Å². The van der Waals surface area contributed by atoms with Gasteiger partial charge >= 0.3 is 5.97 Å². The van der Waals surface area contributed by atoms with Crippen molar-refractivity contribution in [2.75, 3.05) is 0 Å². The lowest BCUT2D eigenvalue weighted by Gasteiger charge is -2.60. The van der Waals surface area contributed by atoms with Gasteiger partial charge in [-0.2, -0.15) is 0 Å². The van der Waals surface area contributed by atoms with Crippen LogP contribution >= 0.6 is 0 Å². The van der Waals surface area contributed by atoms with Crippen LogP contribution in [-0.2, 0) is 16.8 Å². The molecular formula is C18H22O3. The van der Waals surface area contributed by atoms with E-state index in [0.29, 0.717) is 17.8 Å². The Morgan fingerprint density at radius 3 is 2.52 bits per heavy atom. The van der Waals surface area contributed by atoms with Crippen LogP contribution in [0.3, 0.4) is 0 Å². The summed E-state index contributed by atoms with van der Waals surface area (Å²) in [4.78, 5) is 12.0. The van der Waals surface area contributed by atoms with E-state index in [9.17, 15) is 15.0 Å². The summed E-state index contributed by atoms with van der Waals surface area (Å²) >= 11 is 0. The lowest BCUT2D eigenvalue weighted by Crippen LogP contribution is -2.57. The standard InChI is InChI=1S/C18H22O3/c19-10-11-2-1-3-15(7-11)18-8-12-4-13(9-18)6-14(5-12)16(18)17(20)21/h1-3,7,12-14,16,19H,4-6,8-10H2,(H,20,21). The summed E-state index contributed by atoms with van der Waals surface area (Å²) in [5.74, 6) is 0.908. The number of benzene rings is 1. The first-order chi connectivity index (χ1) is 10.1. The molecule has 3 nitrogen and oxygen atoms in total. The second-order valence-electron chi connectivity index (χ2n) is 7.44. The van der Waals surface area contributed by atoms with Gasteiger partial charge in [-0.3, -0.25) is 4.79 Å². The van der Waals surface area contributed by atoms with Crippen molar-refractivity contribution >= 4 is 5.97 Å². The molecule has 112 valence electrons. The van der Waals surface area contributed by atoms with Crippen LogP contribution in [-0.4, -0.2) is 16.2 Å². The highest BCUT2D eigenvalue weighted by molar-refractivity contribution is 5.74. The lowest BCUT2D eigenvalue weighted by atomic mass is 9.43. The zero-order valence-electron chi connectivity index (χ0n) is 12.2. The van der Waals surface area contributed by atoms with Gasteiger partial charge in [-0.1, -0.05) is 24.3 Å². The molecule has 3 unspecified atom stereocenters. The fourth-order valence-electron chi connectivity index (χ4n) is 5.87. The number of aliphatic hydroxyl groups excluding tert-OH is 1. The summed E-state index contributed by atoms with van der Waals surface area (Å²) in [5, 5.41) is 19.3. The normalized spacial score (nSPS) is 40.4. The number of carbonyl (C=O) groups is 1. The Bertz CT molecular complexity index is 566. The van der Waals surface area contributed by atoms with Crippen LogP contribution in [0.2, 0.25) is 0 Å². The minimum absolute atomic E-state index is 0.0257. The van der Waals surface area contributed by atoms with Crippen molar-refractivity contribution in [2.24, 2.45) is 23.7 Å². The quantitative estimate of drug-likeness (QED) is 0.898. The molecule has 0 aromatic heterocycles. The summed E-state index contributed by atoms with van der Waals surface area (Å²) in [7, 11) is 0. The third-order valence-electron chi connectivity index (χ3n) is 6.26. The number of carboxylic acid groups (broad SMARTS) is 1. The van der Waals surface area contributed by atoms with Gasteiger partial charge in [0.1, 0.15) is 0 Å². The molecule has 4 bridgehead atoms. The van der Waals surface area contributed by atoms with Crippen LogP contribution in [0.15, 0.2) is 24.3 Å². The van der Waals surface area contributed by atoms with Crippen LogP contribution in [0.4, 0.5) is 0 Å². The van der Waals surface area contributed by atoms with Crippen molar-refractivity contribution in [1.29, 1.82) is 0 Å². The van der Waals surface area contributed by atoms with E-state index < -0.39 is 5.97 Å². The summed E-state index contributed by atoms with van der Waals surface area (Å²) in [5.41, 5.74) is 1.86. The second kappa shape index (κ2) is 4.57. The third kappa shape index (κ3) is 1.87. The Morgan fingerprint density at radius 2 is 1.90 bits per heavy atom. The molecule has 0 amide bonds. The van der Waals surface area contributed by atoms with Crippen LogP contribution in [0.25, 0.3) is 0 Å². The Hall–Kier alpha value is -1.35. The highest BCUT2D eigenvalue weighted by Gasteiger charge is 2.60. The molecule has 4 aliphatic carbocycles. The van der Waals surface area contributed by atoms with E-state index in [4.69, 9.17) is 0 Å². The maximum absolute atomic E-state index is 12.0. The molecule has 1 aromatic rings. The minimum atomic E-state index is -0.617. The number of hydrogen-bond acceptors (Lipinski definition) is 2. The molecule has 2 N–H and O–H groups in total. The first-order valence-electron chi connectivity index (χ1n) is 8.05. The molecule has 0 radical (unpaired) electrons. The smallest absolute Gasteiger partial charge is 0.307 e. The Balaban J connectivity index is 1.83. The first-order valence-corrected chi connectivity index (χ1v) is 8.05. The molecule has 0 heterocycles. The summed E-state index contributed by atoms with van der Waals surface area (Å²) < 4.78 is 0. The number of aliphatic carboxylic acids is 1. The van der Waals surface area contributed by atoms with Crippen LogP contribution < -0.4 is 0 Å². The highest BCUT2D eigenvalue weighted by Crippen LogP contribution is 2.63.